The van der Waals surface area contributed by atoms with Crippen LogP contribution in [0.4, 0.5) is 0 Å². The van der Waals surface area contributed by atoms with Crippen LogP contribution in [0.1, 0.15) is 69.8 Å². The first-order valence-electron chi connectivity index (χ1n) is 13.4. The van der Waals surface area contributed by atoms with Gasteiger partial charge in [0.2, 0.25) is 0 Å². The number of allylic oxidation sites excluding steroid dienone is 1. The van der Waals surface area contributed by atoms with Gasteiger partial charge in [-0.15, -0.1) is 0 Å². The number of hydrogen-bond donors (Lipinski definition) is 0. The van der Waals surface area contributed by atoms with Crippen LogP contribution in [0.3, 0.4) is 0 Å². The molecule has 0 spiro atoms. The Balaban J connectivity index is 2.49. The standard InChI is InChI=1S/C31H46O6Si2/c1-30(2,3)38(9,10)36-25-17-15-22(20-27(25)34-7)24(14-13-19-32)29(33)23-16-18-26(28(21-23)35-8)37-39(11,12)31(4,5)6/h13,15-18,20-21,24H,14H2,1-12H3. The third kappa shape index (κ3) is 7.65. The number of Topliss-reactive ketones (excluding diaryl/α,β-unsaturated/α-hetero) is 1. The predicted molar refractivity (Wildman–Crippen MR) is 164 cm³/mol. The summed E-state index contributed by atoms with van der Waals surface area (Å²) in [6, 6.07) is 10.8. The van der Waals surface area contributed by atoms with Gasteiger partial charge >= 0.3 is 0 Å². The van der Waals surface area contributed by atoms with Crippen LogP contribution in [0.5, 0.6) is 23.0 Å². The second-order valence-corrected chi connectivity index (χ2v) is 22.4. The van der Waals surface area contributed by atoms with E-state index in [1.165, 1.54) is 6.08 Å². The summed E-state index contributed by atoms with van der Waals surface area (Å²) in [5.41, 5.74) is 1.20. The molecule has 2 aromatic rings. The van der Waals surface area contributed by atoms with E-state index in [0.717, 1.165) is 5.56 Å². The van der Waals surface area contributed by atoms with Gasteiger partial charge in [-0.05, 0) is 78.6 Å². The molecule has 0 aliphatic carbocycles. The molecule has 0 radical (unpaired) electrons. The second-order valence-electron chi connectivity index (χ2n) is 13.0. The molecule has 0 amide bonds. The highest BCUT2D eigenvalue weighted by atomic mass is 28.4. The summed E-state index contributed by atoms with van der Waals surface area (Å²) in [4.78, 5) is 24.9. The van der Waals surface area contributed by atoms with Gasteiger partial charge < -0.3 is 18.3 Å². The Bertz CT molecular complexity index is 1210. The van der Waals surface area contributed by atoms with Crippen molar-refractivity contribution in [1.82, 2.24) is 0 Å². The van der Waals surface area contributed by atoms with Gasteiger partial charge in [0.1, 0.15) is 17.4 Å². The molecule has 0 heterocycles. The normalized spacial score (nSPS) is 13.2. The Morgan fingerprint density at radius 3 is 1.69 bits per heavy atom. The second kappa shape index (κ2) is 12.2. The quantitative estimate of drug-likeness (QED) is 0.154. The highest BCUT2D eigenvalue weighted by Crippen LogP contribution is 2.43. The molecule has 0 fully saturated rings. The largest absolute Gasteiger partial charge is 0.541 e. The lowest BCUT2D eigenvalue weighted by molar-refractivity contribution is 0.0959. The maximum absolute atomic E-state index is 13.8. The highest BCUT2D eigenvalue weighted by Gasteiger charge is 2.40. The first kappa shape index (κ1) is 32.4. The lowest BCUT2D eigenvalue weighted by atomic mass is 9.87. The summed E-state index contributed by atoms with van der Waals surface area (Å²) in [6.07, 6.45) is 1.56. The topological polar surface area (TPSA) is 71.1 Å². The zero-order chi connectivity index (χ0) is 29.8. The number of carbonyl (C=O) groups is 1. The lowest BCUT2D eigenvalue weighted by Gasteiger charge is -2.37. The summed E-state index contributed by atoms with van der Waals surface area (Å²) in [5.74, 6) is 3.40. The molecule has 8 heteroatoms. The smallest absolute Gasteiger partial charge is 0.250 e. The Morgan fingerprint density at radius 1 is 0.795 bits per heavy atom. The van der Waals surface area contributed by atoms with Crippen molar-refractivity contribution in [2.45, 2.75) is 90.1 Å². The molecule has 0 bridgehead atoms. The van der Waals surface area contributed by atoms with E-state index in [-0.39, 0.29) is 22.3 Å². The average molecular weight is 571 g/mol. The van der Waals surface area contributed by atoms with Crippen molar-refractivity contribution >= 4 is 28.4 Å². The number of benzene rings is 2. The maximum atomic E-state index is 13.8. The molecule has 6 nitrogen and oxygen atoms in total. The third-order valence-corrected chi connectivity index (χ3v) is 16.8. The van der Waals surface area contributed by atoms with Gasteiger partial charge in [-0.2, -0.15) is 0 Å². The molecule has 0 saturated heterocycles. The van der Waals surface area contributed by atoms with Crippen LogP contribution in [-0.2, 0) is 4.79 Å². The van der Waals surface area contributed by atoms with Crippen LogP contribution in [0, 0.1) is 0 Å². The monoisotopic (exact) mass is 570 g/mol. The molecular weight excluding hydrogens is 525 g/mol. The van der Waals surface area contributed by atoms with E-state index < -0.39 is 22.6 Å². The van der Waals surface area contributed by atoms with Crippen molar-refractivity contribution in [2.24, 2.45) is 0 Å². The average Bonchev–Trinajstić information content (AvgIpc) is 2.83. The molecule has 2 rings (SSSR count). The lowest BCUT2D eigenvalue weighted by Crippen LogP contribution is -2.43. The molecule has 2 aromatic carbocycles. The Morgan fingerprint density at radius 2 is 1.26 bits per heavy atom. The first-order chi connectivity index (χ1) is 17.9. The van der Waals surface area contributed by atoms with Gasteiger partial charge in [-0.25, -0.2) is 4.79 Å². The molecule has 0 aliphatic heterocycles. The number of hydrogen-bond acceptors (Lipinski definition) is 6. The van der Waals surface area contributed by atoms with Crippen molar-refractivity contribution in [3.8, 4) is 23.0 Å². The van der Waals surface area contributed by atoms with Crippen LogP contribution >= 0.6 is 0 Å². The van der Waals surface area contributed by atoms with E-state index in [0.29, 0.717) is 28.6 Å². The summed E-state index contributed by atoms with van der Waals surface area (Å²) in [6.45, 7) is 21.7. The van der Waals surface area contributed by atoms with Crippen molar-refractivity contribution in [1.29, 1.82) is 0 Å². The fourth-order valence-electron chi connectivity index (χ4n) is 3.51. The predicted octanol–water partition coefficient (Wildman–Crippen LogP) is 8.22. The SMILES string of the molecule is COc1cc(C(=O)C(CC=C=O)c2ccc(O[Si](C)(C)C(C)(C)C)c(OC)c2)ccc1O[Si](C)(C)C(C)(C)C. The number of methoxy groups -OCH3 is 2. The van der Waals surface area contributed by atoms with E-state index in [1.807, 2.05) is 24.1 Å². The Labute approximate surface area is 237 Å². The molecule has 0 aliphatic rings. The van der Waals surface area contributed by atoms with E-state index in [1.54, 1.807) is 32.4 Å². The van der Waals surface area contributed by atoms with Gasteiger partial charge in [0, 0.05) is 11.6 Å². The highest BCUT2D eigenvalue weighted by molar-refractivity contribution is 6.75. The Kier molecular flexibility index (Phi) is 10.1. The van der Waals surface area contributed by atoms with Crippen molar-refractivity contribution in [2.75, 3.05) is 14.2 Å². The number of ether oxygens (including phenoxy) is 2. The molecule has 0 N–H and O–H groups in total. The summed E-state index contributed by atoms with van der Waals surface area (Å²) in [7, 11) is -1.06. The fraction of sp³-hybridized carbons (Fsp3) is 0.516. The number of rotatable bonds is 11. The minimum absolute atomic E-state index is 0.0122. The molecule has 1 atom stereocenters. The van der Waals surface area contributed by atoms with E-state index in [2.05, 4.69) is 67.7 Å². The molecule has 0 saturated carbocycles. The van der Waals surface area contributed by atoms with Crippen molar-refractivity contribution in [3.05, 3.63) is 53.6 Å². The van der Waals surface area contributed by atoms with Gasteiger partial charge in [0.25, 0.3) is 16.6 Å². The summed E-state index contributed by atoms with van der Waals surface area (Å²) >= 11 is 0. The van der Waals surface area contributed by atoms with Crippen LogP contribution < -0.4 is 18.3 Å². The number of ketones is 1. The molecule has 214 valence electrons. The maximum Gasteiger partial charge on any atom is 0.250 e. The van der Waals surface area contributed by atoms with E-state index in [9.17, 15) is 9.59 Å². The molecule has 1 unspecified atom stereocenters. The van der Waals surface area contributed by atoms with Crippen LogP contribution in [0.15, 0.2) is 42.5 Å². The molecular formula is C31H46O6Si2. The minimum Gasteiger partial charge on any atom is -0.541 e. The number of carbonyl (C=O) groups excluding carboxylic acids is 2. The van der Waals surface area contributed by atoms with E-state index in [4.69, 9.17) is 18.3 Å². The van der Waals surface area contributed by atoms with Crippen LogP contribution in [-0.4, -0.2) is 42.6 Å². The summed E-state index contributed by atoms with van der Waals surface area (Å²) < 4.78 is 24.3. The minimum atomic E-state index is -2.11. The van der Waals surface area contributed by atoms with Crippen LogP contribution in [0.2, 0.25) is 36.3 Å². The molecule has 39 heavy (non-hydrogen) atoms. The van der Waals surface area contributed by atoms with Gasteiger partial charge in [-0.1, -0.05) is 47.6 Å². The van der Waals surface area contributed by atoms with Gasteiger partial charge in [-0.3, -0.25) is 4.79 Å². The first-order valence-corrected chi connectivity index (χ1v) is 19.2. The van der Waals surface area contributed by atoms with Gasteiger partial charge in [0.05, 0.1) is 20.1 Å². The Hall–Kier alpha value is -2.81. The molecule has 0 aromatic heterocycles. The van der Waals surface area contributed by atoms with Crippen LogP contribution in [0.25, 0.3) is 0 Å². The fourth-order valence-corrected chi connectivity index (χ4v) is 5.56. The summed E-state index contributed by atoms with van der Waals surface area (Å²) in [5, 5.41) is 0.0295. The van der Waals surface area contributed by atoms with Crippen molar-refractivity contribution in [3.63, 3.8) is 0 Å². The zero-order valence-corrected chi connectivity index (χ0v) is 27.8. The zero-order valence-electron chi connectivity index (χ0n) is 25.8. The van der Waals surface area contributed by atoms with Gasteiger partial charge in [0.15, 0.2) is 17.3 Å². The van der Waals surface area contributed by atoms with Crippen molar-refractivity contribution < 1.29 is 27.9 Å². The van der Waals surface area contributed by atoms with E-state index >= 15 is 0 Å². The third-order valence-electron chi connectivity index (χ3n) is 8.13.